The van der Waals surface area contributed by atoms with Crippen LogP contribution in [0.3, 0.4) is 0 Å². The average Bonchev–Trinajstić information content (AvgIpc) is 3.46. The number of carboxylic acids is 1. The van der Waals surface area contributed by atoms with E-state index in [0.717, 1.165) is 22.3 Å². The highest BCUT2D eigenvalue weighted by atomic mass is 16.5. The Hall–Kier alpha value is -3.88. The maximum atomic E-state index is 12.6. The number of hydrogen-bond donors (Lipinski definition) is 3. The largest absolute Gasteiger partial charge is 0.480 e. The number of aliphatic carboxylic acids is 1. The van der Waals surface area contributed by atoms with Gasteiger partial charge in [-0.25, -0.2) is 9.59 Å². The Morgan fingerprint density at radius 1 is 0.971 bits per heavy atom. The molecule has 1 aliphatic heterocycles. The molecule has 9 heteroatoms. The van der Waals surface area contributed by atoms with Crippen LogP contribution in [0.5, 0.6) is 0 Å². The van der Waals surface area contributed by atoms with Crippen molar-refractivity contribution >= 4 is 23.9 Å². The van der Waals surface area contributed by atoms with Crippen molar-refractivity contribution in [3.05, 3.63) is 59.7 Å². The quantitative estimate of drug-likeness (QED) is 0.560. The molecule has 3 amide bonds. The summed E-state index contributed by atoms with van der Waals surface area (Å²) in [7, 11) is 0. The molecule has 2 aliphatic rings. The van der Waals surface area contributed by atoms with Crippen molar-refractivity contribution in [3.8, 4) is 11.1 Å². The molecule has 1 fully saturated rings. The standard InChI is InChI=1S/C26H29N3O6/c1-15(23(30)27-16(2)24(31)29-13-7-12-22(29)25(32)33)28-26(34)35-14-21-19-10-5-3-8-17(19)18-9-4-6-11-20(18)21/h3-6,8-11,15-16,21-22H,7,12-14H2,1-2H3,(H,27,30)(H,28,34)(H,32,33)/t15-,16-,22?/m0/s1. The molecule has 9 nitrogen and oxygen atoms in total. The van der Waals surface area contributed by atoms with Gasteiger partial charge >= 0.3 is 12.1 Å². The fraction of sp³-hybridized carbons (Fsp3) is 0.385. The Balaban J connectivity index is 1.30. The molecule has 0 spiro atoms. The summed E-state index contributed by atoms with van der Waals surface area (Å²) in [6.45, 7) is 3.44. The number of alkyl carbamates (subject to hydrolysis) is 1. The Morgan fingerprint density at radius 3 is 2.17 bits per heavy atom. The molecule has 2 aromatic carbocycles. The van der Waals surface area contributed by atoms with Gasteiger partial charge in [0.05, 0.1) is 0 Å². The van der Waals surface area contributed by atoms with Crippen LogP contribution in [0.25, 0.3) is 11.1 Å². The highest BCUT2D eigenvalue weighted by Gasteiger charge is 2.36. The Morgan fingerprint density at radius 2 is 1.57 bits per heavy atom. The predicted molar refractivity (Wildman–Crippen MR) is 128 cm³/mol. The number of carbonyl (C=O) groups excluding carboxylic acids is 3. The molecule has 3 atom stereocenters. The van der Waals surface area contributed by atoms with Crippen molar-refractivity contribution in [1.82, 2.24) is 15.5 Å². The second-order valence-electron chi connectivity index (χ2n) is 8.95. The van der Waals surface area contributed by atoms with Crippen molar-refractivity contribution in [2.45, 2.75) is 50.7 Å². The first-order valence-corrected chi connectivity index (χ1v) is 11.7. The SMILES string of the molecule is C[C@H](NC(=O)OCC1c2ccccc2-c2ccccc21)C(=O)N[C@@H](C)C(=O)N1CCCC1C(=O)O. The lowest BCUT2D eigenvalue weighted by Crippen LogP contribution is -2.54. The number of rotatable bonds is 7. The van der Waals surface area contributed by atoms with Crippen LogP contribution in [0.15, 0.2) is 48.5 Å². The van der Waals surface area contributed by atoms with Gasteiger partial charge in [0.15, 0.2) is 0 Å². The Labute approximate surface area is 203 Å². The van der Waals surface area contributed by atoms with Gasteiger partial charge in [0.2, 0.25) is 11.8 Å². The van der Waals surface area contributed by atoms with Gasteiger partial charge in [-0.15, -0.1) is 0 Å². The minimum absolute atomic E-state index is 0.0995. The number of ether oxygens (including phenoxy) is 1. The number of likely N-dealkylation sites (tertiary alicyclic amines) is 1. The molecular formula is C26H29N3O6. The summed E-state index contributed by atoms with van der Waals surface area (Å²) in [5, 5.41) is 14.3. The highest BCUT2D eigenvalue weighted by Crippen LogP contribution is 2.44. The molecule has 1 aliphatic carbocycles. The smallest absolute Gasteiger partial charge is 0.407 e. The normalized spacial score (nSPS) is 18.2. The van der Waals surface area contributed by atoms with E-state index in [1.165, 1.54) is 18.7 Å². The lowest BCUT2D eigenvalue weighted by atomic mass is 9.98. The number of benzene rings is 2. The summed E-state index contributed by atoms with van der Waals surface area (Å²) in [6.07, 6.45) is 0.254. The molecule has 2 aromatic rings. The third-order valence-electron chi connectivity index (χ3n) is 6.62. The fourth-order valence-electron chi connectivity index (χ4n) is 4.82. The Bertz CT molecular complexity index is 1100. The van der Waals surface area contributed by atoms with E-state index in [4.69, 9.17) is 4.74 Å². The van der Waals surface area contributed by atoms with Gasteiger partial charge in [-0.1, -0.05) is 48.5 Å². The lowest BCUT2D eigenvalue weighted by molar-refractivity contribution is -0.149. The topological polar surface area (TPSA) is 125 Å². The van der Waals surface area contributed by atoms with E-state index < -0.39 is 42.0 Å². The number of amides is 3. The molecule has 35 heavy (non-hydrogen) atoms. The van der Waals surface area contributed by atoms with Gasteiger partial charge in [0.25, 0.3) is 0 Å². The number of nitrogens with zero attached hydrogens (tertiary/aromatic N) is 1. The Kier molecular flexibility index (Phi) is 7.04. The zero-order valence-corrected chi connectivity index (χ0v) is 19.7. The van der Waals surface area contributed by atoms with Crippen LogP contribution in [0.4, 0.5) is 4.79 Å². The summed E-state index contributed by atoms with van der Waals surface area (Å²) in [5.74, 6) is -2.18. The van der Waals surface area contributed by atoms with E-state index in [0.29, 0.717) is 19.4 Å². The molecule has 3 N–H and O–H groups in total. The minimum atomic E-state index is -1.06. The van der Waals surface area contributed by atoms with E-state index in [1.807, 2.05) is 48.5 Å². The van der Waals surface area contributed by atoms with Gasteiger partial charge in [-0.05, 0) is 48.9 Å². The van der Waals surface area contributed by atoms with Gasteiger partial charge < -0.3 is 25.4 Å². The number of hydrogen-bond acceptors (Lipinski definition) is 5. The van der Waals surface area contributed by atoms with Crippen LogP contribution in [0.1, 0.15) is 43.7 Å². The molecular weight excluding hydrogens is 450 g/mol. The number of fused-ring (bicyclic) bond motifs is 3. The second-order valence-corrected chi connectivity index (χ2v) is 8.95. The van der Waals surface area contributed by atoms with Crippen LogP contribution < -0.4 is 10.6 Å². The third-order valence-corrected chi connectivity index (χ3v) is 6.62. The van der Waals surface area contributed by atoms with Crippen LogP contribution >= 0.6 is 0 Å². The average molecular weight is 480 g/mol. The molecule has 0 aromatic heterocycles. The third kappa shape index (κ3) is 4.99. The zero-order valence-electron chi connectivity index (χ0n) is 19.7. The molecule has 0 saturated carbocycles. The molecule has 1 saturated heterocycles. The maximum absolute atomic E-state index is 12.6. The molecule has 1 unspecified atom stereocenters. The highest BCUT2D eigenvalue weighted by molar-refractivity contribution is 5.92. The second kappa shape index (κ2) is 10.2. The van der Waals surface area contributed by atoms with E-state index in [1.54, 1.807) is 0 Å². The molecule has 4 rings (SSSR count). The van der Waals surface area contributed by atoms with Crippen LogP contribution in [-0.4, -0.2) is 65.2 Å². The first-order valence-electron chi connectivity index (χ1n) is 11.7. The van der Waals surface area contributed by atoms with Gasteiger partial charge in [-0.2, -0.15) is 0 Å². The predicted octanol–water partition coefficient (Wildman–Crippen LogP) is 2.49. The number of carboxylic acid groups (broad SMARTS) is 1. The van der Waals surface area contributed by atoms with Crippen LogP contribution in [-0.2, 0) is 19.1 Å². The first-order chi connectivity index (χ1) is 16.8. The van der Waals surface area contributed by atoms with Crippen molar-refractivity contribution in [3.63, 3.8) is 0 Å². The summed E-state index contributed by atoms with van der Waals surface area (Å²) in [4.78, 5) is 50.2. The van der Waals surface area contributed by atoms with E-state index in [9.17, 15) is 24.3 Å². The summed E-state index contributed by atoms with van der Waals surface area (Å²) < 4.78 is 5.46. The lowest BCUT2D eigenvalue weighted by Gasteiger charge is -2.26. The first kappa shape index (κ1) is 24.3. The molecule has 1 heterocycles. The number of nitrogens with one attached hydrogen (secondary N) is 2. The maximum Gasteiger partial charge on any atom is 0.407 e. The molecule has 184 valence electrons. The van der Waals surface area contributed by atoms with Crippen LogP contribution in [0, 0.1) is 0 Å². The summed E-state index contributed by atoms with van der Waals surface area (Å²) >= 11 is 0. The summed E-state index contributed by atoms with van der Waals surface area (Å²) in [6, 6.07) is 13.2. The van der Waals surface area contributed by atoms with Gasteiger partial charge in [0, 0.05) is 12.5 Å². The van der Waals surface area contributed by atoms with Gasteiger partial charge in [0.1, 0.15) is 24.7 Å². The molecule has 0 bridgehead atoms. The monoisotopic (exact) mass is 479 g/mol. The van der Waals surface area contributed by atoms with E-state index >= 15 is 0 Å². The minimum Gasteiger partial charge on any atom is -0.480 e. The van der Waals surface area contributed by atoms with Crippen molar-refractivity contribution in [2.24, 2.45) is 0 Å². The number of carbonyl (C=O) groups is 4. The van der Waals surface area contributed by atoms with Crippen molar-refractivity contribution < 1.29 is 29.0 Å². The van der Waals surface area contributed by atoms with E-state index in [-0.39, 0.29) is 12.5 Å². The van der Waals surface area contributed by atoms with Gasteiger partial charge in [-0.3, -0.25) is 9.59 Å². The van der Waals surface area contributed by atoms with Crippen molar-refractivity contribution in [1.29, 1.82) is 0 Å². The van der Waals surface area contributed by atoms with E-state index in [2.05, 4.69) is 10.6 Å². The summed E-state index contributed by atoms with van der Waals surface area (Å²) in [5.41, 5.74) is 4.40. The zero-order chi connectivity index (χ0) is 25.1. The van der Waals surface area contributed by atoms with Crippen LogP contribution in [0.2, 0.25) is 0 Å². The van der Waals surface area contributed by atoms with Crippen molar-refractivity contribution in [2.75, 3.05) is 13.2 Å². The fourth-order valence-corrected chi connectivity index (χ4v) is 4.82. The molecule has 0 radical (unpaired) electrons.